The van der Waals surface area contributed by atoms with Crippen LogP contribution in [0.3, 0.4) is 0 Å². The molecule has 1 aliphatic rings. The summed E-state index contributed by atoms with van der Waals surface area (Å²) in [5.41, 5.74) is 1.08. The summed E-state index contributed by atoms with van der Waals surface area (Å²) in [6.07, 6.45) is 2.81. The van der Waals surface area contributed by atoms with E-state index in [2.05, 4.69) is 5.32 Å². The molecule has 1 aromatic carbocycles. The number of carbonyl (C=O) groups excluding carboxylic acids is 3. The van der Waals surface area contributed by atoms with Crippen molar-refractivity contribution in [2.24, 2.45) is 5.92 Å². The first kappa shape index (κ1) is 18.7. The Morgan fingerprint density at radius 2 is 1.84 bits per heavy atom. The van der Waals surface area contributed by atoms with Crippen LogP contribution in [0.15, 0.2) is 36.0 Å². The van der Waals surface area contributed by atoms with Crippen LogP contribution < -0.4 is 5.32 Å². The topological polar surface area (TPSA) is 75.7 Å². The molecule has 0 spiro atoms. The van der Waals surface area contributed by atoms with Crippen molar-refractivity contribution in [2.75, 3.05) is 19.7 Å². The Bertz CT molecular complexity index is 647. The molecule has 0 saturated carbocycles. The van der Waals surface area contributed by atoms with Crippen LogP contribution in [0.4, 0.5) is 0 Å². The molecular weight excluding hydrogens is 320 g/mol. The van der Waals surface area contributed by atoms with Crippen LogP contribution in [0.25, 0.3) is 6.08 Å². The molecule has 1 N–H and O–H groups in total. The van der Waals surface area contributed by atoms with Crippen molar-refractivity contribution in [3.63, 3.8) is 0 Å². The summed E-state index contributed by atoms with van der Waals surface area (Å²) in [7, 11) is 0. The number of likely N-dealkylation sites (tertiary alicyclic amines) is 1. The van der Waals surface area contributed by atoms with Gasteiger partial charge in [0.1, 0.15) is 5.70 Å². The highest BCUT2D eigenvalue weighted by molar-refractivity contribution is 6.01. The van der Waals surface area contributed by atoms with Crippen molar-refractivity contribution in [3.05, 3.63) is 41.6 Å². The Kier molecular flexibility index (Phi) is 6.74. The van der Waals surface area contributed by atoms with E-state index in [1.165, 1.54) is 6.92 Å². The summed E-state index contributed by atoms with van der Waals surface area (Å²) in [4.78, 5) is 37.7. The summed E-state index contributed by atoms with van der Waals surface area (Å²) >= 11 is 0. The number of esters is 1. The smallest absolute Gasteiger partial charge is 0.309 e. The second kappa shape index (κ2) is 9.01. The highest BCUT2D eigenvalue weighted by Gasteiger charge is 2.29. The maximum atomic E-state index is 12.8. The Balaban J connectivity index is 2.06. The van der Waals surface area contributed by atoms with Crippen LogP contribution in [0.2, 0.25) is 0 Å². The predicted octanol–water partition coefficient (Wildman–Crippen LogP) is 1.97. The molecule has 6 heteroatoms. The number of ether oxygens (including phenoxy) is 1. The molecule has 6 nitrogen and oxygen atoms in total. The summed E-state index contributed by atoms with van der Waals surface area (Å²) in [5, 5.41) is 2.62. The van der Waals surface area contributed by atoms with Crippen molar-refractivity contribution in [1.82, 2.24) is 10.2 Å². The van der Waals surface area contributed by atoms with E-state index in [1.807, 2.05) is 30.3 Å². The van der Waals surface area contributed by atoms with E-state index < -0.39 is 0 Å². The molecule has 1 fully saturated rings. The minimum Gasteiger partial charge on any atom is -0.466 e. The molecule has 25 heavy (non-hydrogen) atoms. The zero-order valence-corrected chi connectivity index (χ0v) is 14.7. The van der Waals surface area contributed by atoms with Gasteiger partial charge in [0.05, 0.1) is 12.5 Å². The van der Waals surface area contributed by atoms with E-state index in [4.69, 9.17) is 4.74 Å². The van der Waals surface area contributed by atoms with Gasteiger partial charge in [-0.3, -0.25) is 14.4 Å². The number of rotatable bonds is 5. The van der Waals surface area contributed by atoms with Crippen molar-refractivity contribution < 1.29 is 19.1 Å². The van der Waals surface area contributed by atoms with Gasteiger partial charge >= 0.3 is 5.97 Å². The van der Waals surface area contributed by atoms with Gasteiger partial charge in [0.15, 0.2) is 0 Å². The quantitative estimate of drug-likeness (QED) is 0.654. The summed E-state index contributed by atoms with van der Waals surface area (Å²) in [6, 6.07) is 9.35. The van der Waals surface area contributed by atoms with Gasteiger partial charge in [0.25, 0.3) is 5.91 Å². The lowest BCUT2D eigenvalue weighted by Gasteiger charge is -2.31. The van der Waals surface area contributed by atoms with Crippen LogP contribution >= 0.6 is 0 Å². The molecule has 1 aromatic rings. The standard InChI is InChI=1S/C19H24N2O4/c1-3-25-19(24)16-9-11-21(12-10-16)18(23)17(20-14(2)22)13-15-7-5-4-6-8-15/h4-8,13,16H,3,9-12H2,1-2H3,(H,20,22)/b17-13+. The van der Waals surface area contributed by atoms with Crippen LogP contribution in [0.1, 0.15) is 32.3 Å². The summed E-state index contributed by atoms with van der Waals surface area (Å²) < 4.78 is 5.05. The molecule has 0 unspecified atom stereocenters. The average molecular weight is 344 g/mol. The maximum absolute atomic E-state index is 12.8. The van der Waals surface area contributed by atoms with Gasteiger partial charge in [-0.2, -0.15) is 0 Å². The molecule has 0 radical (unpaired) electrons. The Morgan fingerprint density at radius 1 is 1.20 bits per heavy atom. The first-order valence-electron chi connectivity index (χ1n) is 8.51. The lowest BCUT2D eigenvalue weighted by atomic mass is 9.96. The third kappa shape index (κ3) is 5.45. The maximum Gasteiger partial charge on any atom is 0.309 e. The number of benzene rings is 1. The second-order valence-corrected chi connectivity index (χ2v) is 5.97. The molecule has 134 valence electrons. The van der Waals surface area contributed by atoms with Crippen LogP contribution in [-0.4, -0.2) is 42.4 Å². The monoisotopic (exact) mass is 344 g/mol. The van der Waals surface area contributed by atoms with E-state index in [-0.39, 0.29) is 29.4 Å². The van der Waals surface area contributed by atoms with Gasteiger partial charge in [0, 0.05) is 20.0 Å². The Morgan fingerprint density at radius 3 is 2.40 bits per heavy atom. The van der Waals surface area contributed by atoms with E-state index in [0.717, 1.165) is 5.56 Å². The molecule has 1 saturated heterocycles. The number of piperidine rings is 1. The van der Waals surface area contributed by atoms with Gasteiger partial charge in [-0.15, -0.1) is 0 Å². The Hall–Kier alpha value is -2.63. The summed E-state index contributed by atoms with van der Waals surface area (Å²) in [6.45, 7) is 4.45. The fourth-order valence-electron chi connectivity index (χ4n) is 2.81. The highest BCUT2D eigenvalue weighted by Crippen LogP contribution is 2.20. The van der Waals surface area contributed by atoms with E-state index >= 15 is 0 Å². The van der Waals surface area contributed by atoms with Gasteiger partial charge in [-0.25, -0.2) is 0 Å². The SMILES string of the molecule is CCOC(=O)C1CCN(C(=O)/C(=C\c2ccccc2)NC(C)=O)CC1. The van der Waals surface area contributed by atoms with E-state index in [0.29, 0.717) is 32.5 Å². The molecule has 1 heterocycles. The van der Waals surface area contributed by atoms with Crippen molar-refractivity contribution in [3.8, 4) is 0 Å². The Labute approximate surface area is 147 Å². The number of amides is 2. The fraction of sp³-hybridized carbons (Fsp3) is 0.421. The van der Waals surface area contributed by atoms with Crippen LogP contribution in [0.5, 0.6) is 0 Å². The van der Waals surface area contributed by atoms with E-state index in [9.17, 15) is 14.4 Å². The average Bonchev–Trinajstić information content (AvgIpc) is 2.61. The lowest BCUT2D eigenvalue weighted by Crippen LogP contribution is -2.43. The molecule has 0 aromatic heterocycles. The van der Waals surface area contributed by atoms with Gasteiger partial charge < -0.3 is 15.0 Å². The number of carbonyl (C=O) groups is 3. The molecule has 1 aliphatic heterocycles. The molecule has 2 rings (SSSR count). The van der Waals surface area contributed by atoms with Gasteiger partial charge in [0.2, 0.25) is 5.91 Å². The normalized spacial score (nSPS) is 15.6. The van der Waals surface area contributed by atoms with Crippen LogP contribution in [-0.2, 0) is 19.1 Å². The predicted molar refractivity (Wildman–Crippen MR) is 94.2 cm³/mol. The third-order valence-corrected chi connectivity index (χ3v) is 4.05. The molecule has 0 bridgehead atoms. The van der Waals surface area contributed by atoms with Gasteiger partial charge in [-0.1, -0.05) is 30.3 Å². The highest BCUT2D eigenvalue weighted by atomic mass is 16.5. The van der Waals surface area contributed by atoms with Gasteiger partial charge in [-0.05, 0) is 31.4 Å². The minimum atomic E-state index is -0.294. The van der Waals surface area contributed by atoms with Crippen molar-refractivity contribution in [2.45, 2.75) is 26.7 Å². The van der Waals surface area contributed by atoms with Crippen LogP contribution in [0, 0.1) is 5.92 Å². The zero-order valence-electron chi connectivity index (χ0n) is 14.7. The number of nitrogens with zero attached hydrogens (tertiary/aromatic N) is 1. The second-order valence-electron chi connectivity index (χ2n) is 5.97. The minimum absolute atomic E-state index is 0.161. The van der Waals surface area contributed by atoms with E-state index in [1.54, 1.807) is 17.9 Å². The first-order valence-corrected chi connectivity index (χ1v) is 8.51. The molecule has 2 amide bonds. The molecule has 0 aliphatic carbocycles. The van der Waals surface area contributed by atoms with Crippen molar-refractivity contribution >= 4 is 23.9 Å². The number of hydrogen-bond donors (Lipinski definition) is 1. The zero-order chi connectivity index (χ0) is 18.2. The third-order valence-electron chi connectivity index (χ3n) is 4.05. The first-order chi connectivity index (χ1) is 12.0. The number of hydrogen-bond acceptors (Lipinski definition) is 4. The fourth-order valence-corrected chi connectivity index (χ4v) is 2.81. The summed E-state index contributed by atoms with van der Waals surface area (Å²) in [5.74, 6) is -0.888. The lowest BCUT2D eigenvalue weighted by molar-refractivity contribution is -0.150. The number of nitrogens with one attached hydrogen (secondary N) is 1. The molecular formula is C19H24N2O4. The van der Waals surface area contributed by atoms with Crippen molar-refractivity contribution in [1.29, 1.82) is 0 Å². The largest absolute Gasteiger partial charge is 0.466 e. The molecule has 0 atom stereocenters.